The molecule has 0 aliphatic rings. The van der Waals surface area contributed by atoms with E-state index in [1.807, 2.05) is 0 Å². The van der Waals surface area contributed by atoms with Crippen LogP contribution in [0.5, 0.6) is 0 Å². The summed E-state index contributed by atoms with van der Waals surface area (Å²) in [7, 11) is 0. The molecule has 3 heteroatoms. The summed E-state index contributed by atoms with van der Waals surface area (Å²) in [6.45, 7) is 8.70. The van der Waals surface area contributed by atoms with Crippen LogP contribution in [-0.2, 0) is 0 Å². The van der Waals surface area contributed by atoms with Crippen molar-refractivity contribution in [3.63, 3.8) is 0 Å². The predicted molar refractivity (Wildman–Crippen MR) is 88.2 cm³/mol. The van der Waals surface area contributed by atoms with Crippen molar-refractivity contribution in [1.82, 2.24) is 0 Å². The van der Waals surface area contributed by atoms with Gasteiger partial charge in [0.25, 0.3) is 0 Å². The zero-order chi connectivity index (χ0) is 13.4. The number of halogens is 2. The van der Waals surface area contributed by atoms with E-state index in [1.165, 1.54) is 37.9 Å². The van der Waals surface area contributed by atoms with Gasteiger partial charge >= 0.3 is 0 Å². The highest BCUT2D eigenvalue weighted by Gasteiger charge is 2.19. The maximum Gasteiger partial charge on any atom is 0.0660 e. The standard InChI is InChI=1S/C15H16Br2S/c1-8-5-9(2)14(16)11(4)13(8)15(17)12-7-18-6-10(12)3/h5-7,15H,1-4H3. The zero-order valence-corrected chi connectivity index (χ0v) is 15.0. The minimum Gasteiger partial charge on any atom is -0.152 e. The molecule has 1 heterocycles. The number of benzene rings is 1. The monoisotopic (exact) mass is 386 g/mol. The summed E-state index contributed by atoms with van der Waals surface area (Å²) in [5.41, 5.74) is 8.10. The van der Waals surface area contributed by atoms with Crippen LogP contribution in [0.15, 0.2) is 21.3 Å². The molecular formula is C15H16Br2S. The van der Waals surface area contributed by atoms with Gasteiger partial charge in [-0.15, -0.1) is 0 Å². The predicted octanol–water partition coefficient (Wildman–Crippen LogP) is 6.23. The van der Waals surface area contributed by atoms with Gasteiger partial charge < -0.3 is 0 Å². The van der Waals surface area contributed by atoms with E-state index in [4.69, 9.17) is 0 Å². The molecule has 0 spiro atoms. The Morgan fingerprint density at radius 1 is 1.00 bits per heavy atom. The van der Waals surface area contributed by atoms with Gasteiger partial charge in [0.2, 0.25) is 0 Å². The smallest absolute Gasteiger partial charge is 0.0660 e. The van der Waals surface area contributed by atoms with Gasteiger partial charge in [0.05, 0.1) is 4.83 Å². The topological polar surface area (TPSA) is 0 Å². The molecule has 1 atom stereocenters. The molecule has 18 heavy (non-hydrogen) atoms. The van der Waals surface area contributed by atoms with Crippen LogP contribution in [0.4, 0.5) is 0 Å². The molecule has 0 saturated heterocycles. The van der Waals surface area contributed by atoms with Gasteiger partial charge in [-0.3, -0.25) is 0 Å². The summed E-state index contributed by atoms with van der Waals surface area (Å²) < 4.78 is 1.22. The van der Waals surface area contributed by atoms with Crippen LogP contribution in [0, 0.1) is 27.7 Å². The van der Waals surface area contributed by atoms with Gasteiger partial charge in [-0.1, -0.05) is 37.9 Å². The molecule has 1 aromatic heterocycles. The summed E-state index contributed by atoms with van der Waals surface area (Å²) >= 11 is 9.33. The van der Waals surface area contributed by atoms with Crippen LogP contribution >= 0.6 is 43.2 Å². The van der Waals surface area contributed by atoms with E-state index >= 15 is 0 Å². The van der Waals surface area contributed by atoms with Crippen molar-refractivity contribution >= 4 is 43.2 Å². The lowest BCUT2D eigenvalue weighted by Crippen LogP contribution is -2.01. The normalized spacial score (nSPS) is 12.8. The lowest BCUT2D eigenvalue weighted by atomic mass is 9.94. The number of hydrogen-bond donors (Lipinski definition) is 0. The Kier molecular flexibility index (Phi) is 4.35. The fourth-order valence-electron chi connectivity index (χ4n) is 2.35. The lowest BCUT2D eigenvalue weighted by Gasteiger charge is -2.19. The fraction of sp³-hybridized carbons (Fsp3) is 0.333. The molecule has 0 saturated carbocycles. The van der Waals surface area contributed by atoms with Crippen LogP contribution in [0.1, 0.15) is 38.2 Å². The van der Waals surface area contributed by atoms with E-state index in [2.05, 4.69) is 76.4 Å². The van der Waals surface area contributed by atoms with E-state index in [1.54, 1.807) is 11.3 Å². The zero-order valence-electron chi connectivity index (χ0n) is 11.0. The van der Waals surface area contributed by atoms with E-state index in [9.17, 15) is 0 Å². The highest BCUT2D eigenvalue weighted by atomic mass is 79.9. The molecule has 0 N–H and O–H groups in total. The van der Waals surface area contributed by atoms with Crippen molar-refractivity contribution < 1.29 is 0 Å². The molecule has 0 nitrogen and oxygen atoms in total. The van der Waals surface area contributed by atoms with Crippen LogP contribution in [0.25, 0.3) is 0 Å². The summed E-state index contributed by atoms with van der Waals surface area (Å²) in [5.74, 6) is 0. The second-order valence-electron chi connectivity index (χ2n) is 4.74. The van der Waals surface area contributed by atoms with Crippen molar-refractivity contribution in [3.8, 4) is 0 Å². The average Bonchev–Trinajstić information content (AvgIpc) is 2.72. The summed E-state index contributed by atoms with van der Waals surface area (Å²) in [6.07, 6.45) is 0. The Hall–Kier alpha value is -0.120. The van der Waals surface area contributed by atoms with Crippen LogP contribution in [-0.4, -0.2) is 0 Å². The Morgan fingerprint density at radius 2 is 1.67 bits per heavy atom. The Balaban J connectivity index is 2.59. The molecule has 2 rings (SSSR count). The molecule has 0 bridgehead atoms. The van der Waals surface area contributed by atoms with Gasteiger partial charge in [-0.2, -0.15) is 11.3 Å². The molecule has 96 valence electrons. The van der Waals surface area contributed by atoms with Crippen molar-refractivity contribution in [1.29, 1.82) is 0 Å². The van der Waals surface area contributed by atoms with Crippen LogP contribution < -0.4 is 0 Å². The van der Waals surface area contributed by atoms with E-state index in [-0.39, 0.29) is 4.83 Å². The van der Waals surface area contributed by atoms with E-state index < -0.39 is 0 Å². The van der Waals surface area contributed by atoms with Gasteiger partial charge in [-0.05, 0) is 71.8 Å². The van der Waals surface area contributed by atoms with E-state index in [0.717, 1.165) is 0 Å². The van der Waals surface area contributed by atoms with Crippen LogP contribution in [0.2, 0.25) is 0 Å². The molecule has 2 aromatic rings. The third-order valence-electron chi connectivity index (χ3n) is 3.36. The summed E-state index contributed by atoms with van der Waals surface area (Å²) in [4.78, 5) is 0.278. The van der Waals surface area contributed by atoms with Crippen LogP contribution in [0.3, 0.4) is 0 Å². The molecule has 0 aliphatic carbocycles. The fourth-order valence-corrected chi connectivity index (χ4v) is 4.93. The Labute approximate surface area is 130 Å². The first-order chi connectivity index (χ1) is 8.43. The largest absolute Gasteiger partial charge is 0.152 e. The van der Waals surface area contributed by atoms with Gasteiger partial charge in [-0.25, -0.2) is 0 Å². The first-order valence-corrected chi connectivity index (χ1v) is 8.51. The maximum absolute atomic E-state index is 3.87. The minimum absolute atomic E-state index is 0.278. The van der Waals surface area contributed by atoms with E-state index in [0.29, 0.717) is 0 Å². The quantitative estimate of drug-likeness (QED) is 0.535. The first-order valence-electron chi connectivity index (χ1n) is 5.86. The number of aryl methyl sites for hydroxylation is 3. The number of thiophene rings is 1. The lowest BCUT2D eigenvalue weighted by molar-refractivity contribution is 1.09. The number of rotatable bonds is 2. The molecular weight excluding hydrogens is 372 g/mol. The molecule has 0 fully saturated rings. The Bertz CT molecular complexity index is 584. The molecule has 1 unspecified atom stereocenters. The highest BCUT2D eigenvalue weighted by molar-refractivity contribution is 9.10. The SMILES string of the molecule is Cc1cscc1C(Br)c1c(C)cc(C)c(Br)c1C. The molecule has 0 amide bonds. The highest BCUT2D eigenvalue weighted by Crippen LogP contribution is 2.40. The maximum atomic E-state index is 3.87. The average molecular weight is 388 g/mol. The third kappa shape index (κ3) is 2.45. The van der Waals surface area contributed by atoms with Crippen molar-refractivity contribution in [2.45, 2.75) is 32.5 Å². The summed E-state index contributed by atoms with van der Waals surface area (Å²) in [6, 6.07) is 2.25. The number of alkyl halides is 1. The van der Waals surface area contributed by atoms with Crippen molar-refractivity contribution in [3.05, 3.63) is 54.7 Å². The van der Waals surface area contributed by atoms with Gasteiger partial charge in [0, 0.05) is 4.47 Å². The second-order valence-corrected chi connectivity index (χ2v) is 7.19. The number of hydrogen-bond acceptors (Lipinski definition) is 1. The summed E-state index contributed by atoms with van der Waals surface area (Å²) in [5, 5.41) is 4.44. The molecule has 0 radical (unpaired) electrons. The molecule has 1 aromatic carbocycles. The third-order valence-corrected chi connectivity index (χ3v) is 6.41. The molecule has 0 aliphatic heterocycles. The van der Waals surface area contributed by atoms with Gasteiger partial charge in [0.1, 0.15) is 0 Å². The second kappa shape index (κ2) is 5.48. The van der Waals surface area contributed by atoms with Crippen molar-refractivity contribution in [2.24, 2.45) is 0 Å². The van der Waals surface area contributed by atoms with Gasteiger partial charge in [0.15, 0.2) is 0 Å². The first kappa shape index (κ1) is 14.3. The Morgan fingerprint density at radius 3 is 2.22 bits per heavy atom. The van der Waals surface area contributed by atoms with Crippen molar-refractivity contribution in [2.75, 3.05) is 0 Å². The minimum atomic E-state index is 0.278.